The van der Waals surface area contributed by atoms with Crippen molar-refractivity contribution >= 4 is 29.4 Å². The van der Waals surface area contributed by atoms with Crippen LogP contribution < -0.4 is 10.7 Å². The van der Waals surface area contributed by atoms with Crippen LogP contribution in [0, 0.1) is 0 Å². The summed E-state index contributed by atoms with van der Waals surface area (Å²) < 4.78 is 0. The monoisotopic (exact) mass is 447 g/mol. The second-order valence-corrected chi connectivity index (χ2v) is 9.18. The van der Waals surface area contributed by atoms with E-state index in [0.717, 1.165) is 62.0 Å². The fourth-order valence-electron chi connectivity index (χ4n) is 4.72. The Morgan fingerprint density at radius 2 is 1.77 bits per heavy atom. The zero-order valence-electron chi connectivity index (χ0n) is 17.7. The van der Waals surface area contributed by atoms with Crippen LogP contribution in [0.2, 0.25) is 5.02 Å². The van der Waals surface area contributed by atoms with Crippen molar-refractivity contribution in [2.75, 3.05) is 32.7 Å². The molecular formula is C22H30ClN5O3. The highest BCUT2D eigenvalue weighted by Crippen LogP contribution is 2.33. The van der Waals surface area contributed by atoms with Gasteiger partial charge in [0.1, 0.15) is 5.54 Å². The molecule has 168 valence electrons. The number of piperazine rings is 1. The van der Waals surface area contributed by atoms with Gasteiger partial charge >= 0.3 is 6.03 Å². The van der Waals surface area contributed by atoms with Gasteiger partial charge in [0, 0.05) is 50.7 Å². The van der Waals surface area contributed by atoms with Crippen molar-refractivity contribution in [2.45, 2.75) is 50.6 Å². The lowest BCUT2D eigenvalue weighted by Gasteiger charge is -2.34. The van der Waals surface area contributed by atoms with E-state index in [0.29, 0.717) is 19.4 Å². The van der Waals surface area contributed by atoms with E-state index in [9.17, 15) is 14.4 Å². The number of nitrogens with one attached hydrogen (secondary N) is 2. The summed E-state index contributed by atoms with van der Waals surface area (Å²) in [5.74, 6) is -0.627. The van der Waals surface area contributed by atoms with Crippen LogP contribution in [-0.2, 0) is 16.1 Å². The van der Waals surface area contributed by atoms with Crippen LogP contribution in [0.15, 0.2) is 24.3 Å². The summed E-state index contributed by atoms with van der Waals surface area (Å²) in [6.45, 7) is 5.06. The average Bonchev–Trinajstić information content (AvgIpc) is 2.97. The maximum Gasteiger partial charge on any atom is 0.344 e. The summed E-state index contributed by atoms with van der Waals surface area (Å²) in [5.41, 5.74) is 2.90. The second kappa shape index (κ2) is 9.54. The van der Waals surface area contributed by atoms with Gasteiger partial charge < -0.3 is 10.2 Å². The van der Waals surface area contributed by atoms with Crippen LogP contribution in [0.3, 0.4) is 0 Å². The number of hydrazine groups is 1. The van der Waals surface area contributed by atoms with E-state index in [1.54, 1.807) is 0 Å². The van der Waals surface area contributed by atoms with Gasteiger partial charge in [-0.3, -0.25) is 19.9 Å². The van der Waals surface area contributed by atoms with Crippen molar-refractivity contribution in [3.63, 3.8) is 0 Å². The third-order valence-corrected chi connectivity index (χ3v) is 6.76. The van der Waals surface area contributed by atoms with E-state index >= 15 is 0 Å². The lowest BCUT2D eigenvalue weighted by molar-refractivity contribution is -0.140. The fourth-order valence-corrected chi connectivity index (χ4v) is 4.93. The molecule has 0 unspecified atom stereocenters. The second-order valence-electron chi connectivity index (χ2n) is 8.75. The molecule has 31 heavy (non-hydrogen) atoms. The molecule has 8 nitrogen and oxygen atoms in total. The normalized spacial score (nSPS) is 22.0. The summed E-state index contributed by atoms with van der Waals surface area (Å²) in [4.78, 5) is 42.0. The SMILES string of the molecule is O=C(CCN1CCN(Cc2cccc(Cl)c2)CC1)NN1C(=O)NC2(CCCCC2)C1=O. The van der Waals surface area contributed by atoms with Crippen LogP contribution in [0.1, 0.15) is 44.1 Å². The number of imide groups is 1. The van der Waals surface area contributed by atoms with E-state index in [1.807, 2.05) is 18.2 Å². The molecule has 1 aromatic carbocycles. The molecule has 2 heterocycles. The minimum Gasteiger partial charge on any atom is -0.322 e. The number of benzene rings is 1. The van der Waals surface area contributed by atoms with Crippen LogP contribution in [0.4, 0.5) is 4.79 Å². The third-order valence-electron chi connectivity index (χ3n) is 6.52. The van der Waals surface area contributed by atoms with Crippen LogP contribution in [-0.4, -0.2) is 70.9 Å². The van der Waals surface area contributed by atoms with Gasteiger partial charge in [0.15, 0.2) is 0 Å². The molecule has 1 aliphatic carbocycles. The van der Waals surface area contributed by atoms with Crippen molar-refractivity contribution in [2.24, 2.45) is 0 Å². The summed E-state index contributed by atoms with van der Waals surface area (Å²) in [7, 11) is 0. The molecule has 1 saturated carbocycles. The third kappa shape index (κ3) is 5.19. The molecule has 4 rings (SSSR count). The lowest BCUT2D eigenvalue weighted by Crippen LogP contribution is -2.51. The Labute approximate surface area is 187 Å². The van der Waals surface area contributed by atoms with Crippen molar-refractivity contribution in [3.8, 4) is 0 Å². The van der Waals surface area contributed by atoms with Crippen molar-refractivity contribution in [1.82, 2.24) is 25.6 Å². The van der Waals surface area contributed by atoms with Gasteiger partial charge in [-0.1, -0.05) is 43.0 Å². The first-order valence-electron chi connectivity index (χ1n) is 11.1. The van der Waals surface area contributed by atoms with Gasteiger partial charge in [-0.15, -0.1) is 0 Å². The quantitative estimate of drug-likeness (QED) is 0.652. The van der Waals surface area contributed by atoms with Gasteiger partial charge in [-0.25, -0.2) is 4.79 Å². The molecular weight excluding hydrogens is 418 g/mol. The van der Waals surface area contributed by atoms with E-state index in [2.05, 4.69) is 26.6 Å². The molecule has 0 aromatic heterocycles. The van der Waals surface area contributed by atoms with Gasteiger partial charge in [0.05, 0.1) is 0 Å². The molecule has 4 amide bonds. The van der Waals surface area contributed by atoms with Crippen molar-refractivity contribution < 1.29 is 14.4 Å². The number of nitrogens with zero attached hydrogens (tertiary/aromatic N) is 3. The highest BCUT2D eigenvalue weighted by molar-refractivity contribution is 6.30. The van der Waals surface area contributed by atoms with E-state index in [1.165, 1.54) is 5.56 Å². The standard InChI is InChI=1S/C22H30ClN5O3/c23-18-6-4-5-17(15-18)16-27-13-11-26(12-14-27)10-7-19(29)25-28-20(30)22(24-21(28)31)8-2-1-3-9-22/h4-6,15H,1-3,7-14,16H2,(H,24,31)(H,25,29). The number of urea groups is 1. The van der Waals surface area contributed by atoms with E-state index in [-0.39, 0.29) is 18.2 Å². The predicted molar refractivity (Wildman–Crippen MR) is 117 cm³/mol. The van der Waals surface area contributed by atoms with Crippen LogP contribution >= 0.6 is 11.6 Å². The predicted octanol–water partition coefficient (Wildman–Crippen LogP) is 2.13. The minimum absolute atomic E-state index is 0.248. The summed E-state index contributed by atoms with van der Waals surface area (Å²) in [6.07, 6.45) is 4.43. The molecule has 2 aliphatic heterocycles. The van der Waals surface area contributed by atoms with E-state index in [4.69, 9.17) is 11.6 Å². The topological polar surface area (TPSA) is 85.0 Å². The number of rotatable bonds is 6. The molecule has 2 saturated heterocycles. The van der Waals surface area contributed by atoms with Gasteiger partial charge in [-0.05, 0) is 30.5 Å². The largest absolute Gasteiger partial charge is 0.344 e. The first-order valence-corrected chi connectivity index (χ1v) is 11.5. The van der Waals surface area contributed by atoms with E-state index < -0.39 is 11.6 Å². The zero-order chi connectivity index (χ0) is 21.8. The number of carbonyl (C=O) groups is 3. The Hall–Kier alpha value is -2.16. The highest BCUT2D eigenvalue weighted by Gasteiger charge is 2.52. The molecule has 0 radical (unpaired) electrons. The van der Waals surface area contributed by atoms with Crippen LogP contribution in [0.5, 0.6) is 0 Å². The maximum atomic E-state index is 12.7. The summed E-state index contributed by atoms with van der Waals surface area (Å²) in [6, 6.07) is 7.40. The highest BCUT2D eigenvalue weighted by atomic mass is 35.5. The fraction of sp³-hybridized carbons (Fsp3) is 0.591. The molecule has 3 fully saturated rings. The molecule has 0 atom stereocenters. The number of halogens is 1. The van der Waals surface area contributed by atoms with Crippen molar-refractivity contribution in [1.29, 1.82) is 0 Å². The van der Waals surface area contributed by atoms with Gasteiger partial charge in [0.2, 0.25) is 5.91 Å². The zero-order valence-corrected chi connectivity index (χ0v) is 18.5. The number of carbonyl (C=O) groups excluding carboxylic acids is 3. The molecule has 9 heteroatoms. The summed E-state index contributed by atoms with van der Waals surface area (Å²) in [5, 5.41) is 4.44. The maximum absolute atomic E-state index is 12.7. The van der Waals surface area contributed by atoms with Crippen LogP contribution in [0.25, 0.3) is 0 Å². The Morgan fingerprint density at radius 1 is 1.06 bits per heavy atom. The number of hydrogen-bond donors (Lipinski definition) is 2. The summed E-state index contributed by atoms with van der Waals surface area (Å²) >= 11 is 6.06. The van der Waals surface area contributed by atoms with Gasteiger partial charge in [-0.2, -0.15) is 5.01 Å². The molecule has 0 bridgehead atoms. The molecule has 3 aliphatic rings. The number of amides is 4. The Bertz CT molecular complexity index is 834. The minimum atomic E-state index is -0.818. The van der Waals surface area contributed by atoms with Crippen molar-refractivity contribution in [3.05, 3.63) is 34.9 Å². The Morgan fingerprint density at radius 3 is 2.48 bits per heavy atom. The Kier molecular flexibility index (Phi) is 6.79. The molecule has 1 spiro atoms. The first-order chi connectivity index (χ1) is 14.9. The Balaban J connectivity index is 1.19. The average molecular weight is 448 g/mol. The first kappa shape index (κ1) is 22.0. The lowest BCUT2D eigenvalue weighted by atomic mass is 9.82. The molecule has 1 aromatic rings. The smallest absolute Gasteiger partial charge is 0.322 e. The molecule has 2 N–H and O–H groups in total. The van der Waals surface area contributed by atoms with Gasteiger partial charge in [0.25, 0.3) is 5.91 Å². The number of hydrogen-bond acceptors (Lipinski definition) is 5.